The molecule has 0 unspecified atom stereocenters. The Labute approximate surface area is 162 Å². The fourth-order valence-electron chi connectivity index (χ4n) is 3.81. The van der Waals surface area contributed by atoms with Crippen LogP contribution in [0.4, 0.5) is 0 Å². The summed E-state index contributed by atoms with van der Waals surface area (Å²) in [6.07, 6.45) is 5.04. The van der Waals surface area contributed by atoms with Gasteiger partial charge in [-0.2, -0.15) is 5.10 Å². The molecule has 0 bridgehead atoms. The zero-order valence-corrected chi connectivity index (χ0v) is 16.6. The molecule has 25 heavy (non-hydrogen) atoms. The highest BCUT2D eigenvalue weighted by Gasteiger charge is 2.35. The van der Waals surface area contributed by atoms with E-state index in [1.165, 1.54) is 5.56 Å². The summed E-state index contributed by atoms with van der Waals surface area (Å²) < 4.78 is 5.77. The number of carbonyl (C=O) groups is 1. The first-order valence-electron chi connectivity index (χ1n) is 8.78. The van der Waals surface area contributed by atoms with Gasteiger partial charge in [0.05, 0.1) is 18.4 Å². The number of hydrogen-bond donors (Lipinski definition) is 3. The Morgan fingerprint density at radius 2 is 2.12 bits per heavy atom. The largest absolute Gasteiger partial charge is 0.375 e. The highest BCUT2D eigenvalue weighted by atomic mass is 35.5. The lowest BCUT2D eigenvalue weighted by molar-refractivity contribution is -0.128. The van der Waals surface area contributed by atoms with Crippen LogP contribution < -0.4 is 10.6 Å². The molecule has 0 aromatic carbocycles. The molecule has 0 spiro atoms. The van der Waals surface area contributed by atoms with E-state index in [4.69, 9.17) is 4.74 Å². The molecule has 3 rings (SSSR count). The van der Waals surface area contributed by atoms with Crippen LogP contribution in [0.15, 0.2) is 0 Å². The van der Waals surface area contributed by atoms with E-state index in [0.29, 0.717) is 12.1 Å². The van der Waals surface area contributed by atoms with Crippen molar-refractivity contribution >= 4 is 30.7 Å². The van der Waals surface area contributed by atoms with Crippen LogP contribution in [-0.4, -0.2) is 47.9 Å². The zero-order chi connectivity index (χ0) is 16.2. The Morgan fingerprint density at radius 3 is 2.84 bits per heavy atom. The van der Waals surface area contributed by atoms with E-state index in [1.807, 2.05) is 13.8 Å². The van der Waals surface area contributed by atoms with Gasteiger partial charge in [0.1, 0.15) is 0 Å². The molecule has 1 aromatic rings. The van der Waals surface area contributed by atoms with E-state index in [0.717, 1.165) is 63.2 Å². The zero-order valence-electron chi connectivity index (χ0n) is 15.0. The van der Waals surface area contributed by atoms with Crippen molar-refractivity contribution in [1.29, 1.82) is 0 Å². The molecular weight excluding hydrogens is 363 g/mol. The van der Waals surface area contributed by atoms with Crippen LogP contribution >= 0.6 is 24.8 Å². The van der Waals surface area contributed by atoms with Crippen molar-refractivity contribution in [2.75, 3.05) is 19.7 Å². The average molecular weight is 393 g/mol. The Hall–Kier alpha value is -0.820. The van der Waals surface area contributed by atoms with Crippen molar-refractivity contribution in [3.8, 4) is 0 Å². The van der Waals surface area contributed by atoms with Crippen molar-refractivity contribution in [2.45, 2.75) is 58.1 Å². The monoisotopic (exact) mass is 392 g/mol. The van der Waals surface area contributed by atoms with Crippen molar-refractivity contribution in [2.24, 2.45) is 5.92 Å². The third kappa shape index (κ3) is 5.58. The van der Waals surface area contributed by atoms with Gasteiger partial charge in [-0.1, -0.05) is 0 Å². The van der Waals surface area contributed by atoms with Crippen LogP contribution in [0.2, 0.25) is 0 Å². The number of aryl methyl sites for hydroxylation is 2. The van der Waals surface area contributed by atoms with Gasteiger partial charge in [-0.25, -0.2) is 0 Å². The Morgan fingerprint density at radius 1 is 1.32 bits per heavy atom. The summed E-state index contributed by atoms with van der Waals surface area (Å²) >= 11 is 0. The van der Waals surface area contributed by atoms with E-state index in [9.17, 15) is 4.79 Å². The Balaban J connectivity index is 0.00000156. The topological polar surface area (TPSA) is 79.0 Å². The molecule has 1 saturated carbocycles. The molecule has 2 aliphatic rings. The predicted octanol–water partition coefficient (Wildman–Crippen LogP) is 2.08. The maximum Gasteiger partial charge on any atom is 0.223 e. The van der Waals surface area contributed by atoms with E-state index >= 15 is 0 Å². The number of aromatic amines is 1. The smallest absolute Gasteiger partial charge is 0.223 e. The molecule has 8 heteroatoms. The summed E-state index contributed by atoms with van der Waals surface area (Å²) in [6.45, 7) is 6.50. The van der Waals surface area contributed by atoms with E-state index in [-0.39, 0.29) is 36.6 Å². The van der Waals surface area contributed by atoms with E-state index < -0.39 is 0 Å². The molecule has 0 radical (unpaired) electrons. The summed E-state index contributed by atoms with van der Waals surface area (Å²) in [6, 6.07) is 0.351. The molecule has 1 aliphatic heterocycles. The van der Waals surface area contributed by atoms with Gasteiger partial charge >= 0.3 is 0 Å². The number of halogens is 2. The predicted molar refractivity (Wildman–Crippen MR) is 103 cm³/mol. The molecular formula is C17H30Cl2N4O2. The Bertz CT molecular complexity index is 533. The lowest BCUT2D eigenvalue weighted by Crippen LogP contribution is -2.53. The summed E-state index contributed by atoms with van der Waals surface area (Å²) in [5, 5.41) is 13.8. The maximum atomic E-state index is 12.4. The number of aromatic nitrogens is 2. The number of rotatable bonds is 5. The molecule has 144 valence electrons. The second kappa shape index (κ2) is 10.4. The lowest BCUT2D eigenvalue weighted by atomic mass is 9.82. The highest BCUT2D eigenvalue weighted by Crippen LogP contribution is 2.28. The quantitative estimate of drug-likeness (QED) is 0.670. The number of hydrogen-bond acceptors (Lipinski definition) is 4. The van der Waals surface area contributed by atoms with Crippen molar-refractivity contribution in [3.05, 3.63) is 17.0 Å². The van der Waals surface area contributed by atoms with Crippen molar-refractivity contribution in [1.82, 2.24) is 20.8 Å². The molecule has 3 N–H and O–H groups in total. The van der Waals surface area contributed by atoms with Crippen molar-refractivity contribution < 1.29 is 9.53 Å². The van der Waals surface area contributed by atoms with Gasteiger partial charge < -0.3 is 15.4 Å². The minimum absolute atomic E-state index is 0. The van der Waals surface area contributed by atoms with Crippen molar-refractivity contribution in [3.63, 3.8) is 0 Å². The number of nitrogens with one attached hydrogen (secondary N) is 3. The molecule has 2 heterocycles. The summed E-state index contributed by atoms with van der Waals surface area (Å²) in [5.41, 5.74) is 3.48. The minimum atomic E-state index is 0. The maximum absolute atomic E-state index is 12.4. The second-order valence-corrected chi connectivity index (χ2v) is 6.79. The van der Waals surface area contributed by atoms with Gasteiger partial charge in [0, 0.05) is 30.7 Å². The fourth-order valence-corrected chi connectivity index (χ4v) is 3.81. The molecule has 1 aliphatic carbocycles. The molecule has 1 saturated heterocycles. The normalized spacial score (nSPS) is 25.3. The summed E-state index contributed by atoms with van der Waals surface area (Å²) in [4.78, 5) is 12.4. The molecule has 3 atom stereocenters. The van der Waals surface area contributed by atoms with E-state index in [2.05, 4.69) is 20.8 Å². The number of ether oxygens (including phenoxy) is 1. The SMILES string of the molecule is Cc1n[nH]c(C)c1CCCNC(=O)[C@H]1CC[C@H]2OCCN[C@@H]2C1.Cl.Cl. The lowest BCUT2D eigenvalue weighted by Gasteiger charge is -2.39. The molecule has 2 fully saturated rings. The van der Waals surface area contributed by atoms with E-state index in [1.54, 1.807) is 0 Å². The van der Waals surface area contributed by atoms with Gasteiger partial charge in [-0.3, -0.25) is 9.89 Å². The van der Waals surface area contributed by atoms with Crippen LogP contribution in [0, 0.1) is 19.8 Å². The number of amides is 1. The van der Waals surface area contributed by atoms with Crippen LogP contribution in [-0.2, 0) is 16.0 Å². The first-order valence-corrected chi connectivity index (χ1v) is 8.78. The molecule has 1 amide bonds. The first-order chi connectivity index (χ1) is 11.1. The van der Waals surface area contributed by atoms with Gasteiger partial charge in [0.25, 0.3) is 0 Å². The van der Waals surface area contributed by atoms with Crippen LogP contribution in [0.5, 0.6) is 0 Å². The molecule has 6 nitrogen and oxygen atoms in total. The number of fused-ring (bicyclic) bond motifs is 1. The van der Waals surface area contributed by atoms with Gasteiger partial charge in [0.15, 0.2) is 0 Å². The Kier molecular flexibility index (Phi) is 9.21. The van der Waals surface area contributed by atoms with Gasteiger partial charge in [-0.15, -0.1) is 24.8 Å². The third-order valence-corrected chi connectivity index (χ3v) is 5.18. The number of nitrogens with zero attached hydrogens (tertiary/aromatic N) is 1. The summed E-state index contributed by atoms with van der Waals surface area (Å²) in [7, 11) is 0. The minimum Gasteiger partial charge on any atom is -0.375 e. The average Bonchev–Trinajstić information content (AvgIpc) is 2.89. The molecule has 1 aromatic heterocycles. The van der Waals surface area contributed by atoms with Gasteiger partial charge in [-0.05, 0) is 51.5 Å². The van der Waals surface area contributed by atoms with Crippen LogP contribution in [0.1, 0.15) is 42.6 Å². The van der Waals surface area contributed by atoms with Crippen LogP contribution in [0.25, 0.3) is 0 Å². The third-order valence-electron chi connectivity index (χ3n) is 5.18. The highest BCUT2D eigenvalue weighted by molar-refractivity contribution is 5.85. The number of carbonyl (C=O) groups excluding carboxylic acids is 1. The number of H-pyrrole nitrogens is 1. The standard InChI is InChI=1S/C17H28N4O2.2ClH/c1-11-14(12(2)21-20-11)4-3-7-19-17(22)13-5-6-16-15(10-13)18-8-9-23-16;;/h13,15-16,18H,3-10H2,1-2H3,(H,19,22)(H,20,21);2*1H/t13-,15+,16+;;/m0../s1. The fraction of sp³-hybridized carbons (Fsp3) is 0.765. The van der Waals surface area contributed by atoms with Gasteiger partial charge in [0.2, 0.25) is 5.91 Å². The second-order valence-electron chi connectivity index (χ2n) is 6.79. The van der Waals surface area contributed by atoms with Crippen LogP contribution in [0.3, 0.4) is 0 Å². The first kappa shape index (κ1) is 22.2. The number of morpholine rings is 1. The summed E-state index contributed by atoms with van der Waals surface area (Å²) in [5.74, 6) is 0.333.